The molecule has 120 valence electrons. The summed E-state index contributed by atoms with van der Waals surface area (Å²) in [4.78, 5) is 0. The van der Waals surface area contributed by atoms with E-state index in [9.17, 15) is 0 Å². The zero-order valence-corrected chi connectivity index (χ0v) is 15.1. The number of benzene rings is 2. The van der Waals surface area contributed by atoms with Crippen LogP contribution in [0.1, 0.15) is 13.8 Å². The lowest BCUT2D eigenvalue weighted by molar-refractivity contribution is 0.413. The molecule has 0 unspecified atom stereocenters. The number of ether oxygens (including phenoxy) is 1. The monoisotopic (exact) mass is 358 g/mol. The van der Waals surface area contributed by atoms with Gasteiger partial charge in [0.05, 0.1) is 7.11 Å². The molecule has 0 fully saturated rings. The maximum absolute atomic E-state index is 5.15. The molecule has 0 saturated heterocycles. The largest absolute Gasteiger partial charge is 0.497 e. The highest BCUT2D eigenvalue weighted by molar-refractivity contribution is 7.75. The molecule has 0 heterocycles. The predicted octanol–water partition coefficient (Wildman–Crippen LogP) is 5.06. The number of methoxy groups -OCH3 is 1. The van der Waals surface area contributed by atoms with Crippen LogP contribution in [0.3, 0.4) is 0 Å². The van der Waals surface area contributed by atoms with Crippen molar-refractivity contribution in [1.29, 1.82) is 0 Å². The molecule has 0 aromatic heterocycles. The van der Waals surface area contributed by atoms with E-state index < -0.39 is 0 Å². The van der Waals surface area contributed by atoms with E-state index in [1.54, 1.807) is 31.4 Å². The van der Waals surface area contributed by atoms with Gasteiger partial charge in [0, 0.05) is 55.9 Å². The minimum atomic E-state index is 0.524. The highest BCUT2D eigenvalue weighted by Gasteiger charge is 2.14. The van der Waals surface area contributed by atoms with E-state index in [2.05, 4.69) is 38.7 Å². The Bertz CT molecular complexity index is 605. The molecule has 2 rings (SSSR count). The Morgan fingerprint density at radius 1 is 0.682 bits per heavy atom. The van der Waals surface area contributed by atoms with E-state index in [0.29, 0.717) is 23.0 Å². The van der Waals surface area contributed by atoms with E-state index in [4.69, 9.17) is 17.3 Å². The molecule has 4 nitrogen and oxygen atoms in total. The Hall–Kier alpha value is -1.31. The smallest absolute Gasteiger partial charge is 0.148 e. The van der Waals surface area contributed by atoms with Crippen LogP contribution in [0, 0.1) is 0 Å². The molecule has 0 atom stereocenters. The fourth-order valence-electron chi connectivity index (χ4n) is 1.78. The van der Waals surface area contributed by atoms with Crippen molar-refractivity contribution in [3.63, 3.8) is 0 Å². The van der Waals surface area contributed by atoms with Gasteiger partial charge in [0.15, 0.2) is 0 Å². The second-order valence-electron chi connectivity index (χ2n) is 3.79. The van der Waals surface area contributed by atoms with Crippen molar-refractivity contribution in [2.75, 3.05) is 7.11 Å². The third-order valence-electron chi connectivity index (χ3n) is 2.73. The summed E-state index contributed by atoms with van der Waals surface area (Å²) in [5, 5.41) is 0. The highest BCUT2D eigenvalue weighted by Crippen LogP contribution is 2.41. The van der Waals surface area contributed by atoms with Crippen molar-refractivity contribution >= 4 is 38.7 Å². The highest BCUT2D eigenvalue weighted by atomic mass is 32.1. The first-order valence-corrected chi connectivity index (χ1v) is 7.59. The van der Waals surface area contributed by atoms with Gasteiger partial charge in [-0.05, 0) is 30.3 Å². The van der Waals surface area contributed by atoms with Crippen LogP contribution in [0.5, 0.6) is 23.0 Å². The van der Waals surface area contributed by atoms with E-state index in [1.165, 1.54) is 0 Å². The van der Waals surface area contributed by atoms with Crippen LogP contribution in [-0.2, 0) is 0 Å². The number of hydrogen-bond acceptors (Lipinski definition) is 7. The molecule has 7 heteroatoms. The first-order valence-electron chi connectivity index (χ1n) is 6.50. The topological polar surface area (TPSA) is 36.9 Å². The zero-order chi connectivity index (χ0) is 16.5. The Morgan fingerprint density at radius 2 is 1.32 bits per heavy atom. The van der Waals surface area contributed by atoms with Crippen LogP contribution in [-0.4, -0.2) is 7.11 Å². The van der Waals surface area contributed by atoms with Gasteiger partial charge in [-0.2, -0.15) is 0 Å². The lowest BCUT2D eigenvalue weighted by Gasteiger charge is -2.13. The summed E-state index contributed by atoms with van der Waals surface area (Å²) in [6.07, 6.45) is 0. The molecule has 2 aromatic carbocycles. The van der Waals surface area contributed by atoms with Gasteiger partial charge in [0.2, 0.25) is 0 Å². The second kappa shape index (κ2) is 9.66. The lowest BCUT2D eigenvalue weighted by Crippen LogP contribution is -1.90. The first kappa shape index (κ1) is 18.7. The van der Waals surface area contributed by atoms with E-state index in [1.807, 2.05) is 26.0 Å². The average molecular weight is 359 g/mol. The molecule has 0 bridgehead atoms. The Kier molecular flexibility index (Phi) is 8.22. The van der Waals surface area contributed by atoms with E-state index in [0.717, 1.165) is 11.1 Å². The summed E-state index contributed by atoms with van der Waals surface area (Å²) in [6.45, 7) is 4.00. The van der Waals surface area contributed by atoms with Gasteiger partial charge >= 0.3 is 0 Å². The summed E-state index contributed by atoms with van der Waals surface area (Å²) >= 11 is 11.5. The van der Waals surface area contributed by atoms with Crippen molar-refractivity contribution in [2.24, 2.45) is 0 Å². The molecule has 22 heavy (non-hydrogen) atoms. The van der Waals surface area contributed by atoms with Gasteiger partial charge in [-0.15, -0.1) is 0 Å². The van der Waals surface area contributed by atoms with Gasteiger partial charge in [-0.3, -0.25) is 0 Å². The fourth-order valence-corrected chi connectivity index (χ4v) is 2.21. The average Bonchev–Trinajstić information content (AvgIpc) is 2.62. The van der Waals surface area contributed by atoms with E-state index in [-0.39, 0.29) is 0 Å². The summed E-state index contributed by atoms with van der Waals surface area (Å²) < 4.78 is 20.2. The van der Waals surface area contributed by atoms with Gasteiger partial charge in [0.1, 0.15) is 23.0 Å². The summed E-state index contributed by atoms with van der Waals surface area (Å²) in [5.74, 6) is 2.31. The molecule has 0 N–H and O–H groups in total. The molecule has 0 saturated carbocycles. The number of rotatable bonds is 5. The van der Waals surface area contributed by atoms with Gasteiger partial charge in [0.25, 0.3) is 0 Å². The minimum Gasteiger partial charge on any atom is -0.497 e. The quantitative estimate of drug-likeness (QED) is 0.516. The molecule has 0 spiro atoms. The maximum Gasteiger partial charge on any atom is 0.148 e. The molecular weight excluding hydrogens is 340 g/mol. The molecule has 0 amide bonds. The minimum absolute atomic E-state index is 0.524. The molecule has 2 aromatic rings. The van der Waals surface area contributed by atoms with Gasteiger partial charge < -0.3 is 17.3 Å². The van der Waals surface area contributed by atoms with Crippen LogP contribution in [0.4, 0.5) is 0 Å². The Labute approximate surface area is 147 Å². The third-order valence-corrected chi connectivity index (χ3v) is 3.34. The van der Waals surface area contributed by atoms with Crippen molar-refractivity contribution < 1.29 is 17.3 Å². The molecule has 0 radical (unpaired) electrons. The zero-order valence-electron chi connectivity index (χ0n) is 12.4. The fraction of sp³-hybridized carbons (Fsp3) is 0.200. The summed E-state index contributed by atoms with van der Waals surface area (Å²) in [5.41, 5.74) is 1.50. The van der Waals surface area contributed by atoms with Gasteiger partial charge in [-0.25, -0.2) is 0 Å². The van der Waals surface area contributed by atoms with Crippen molar-refractivity contribution in [2.45, 2.75) is 13.8 Å². The van der Waals surface area contributed by atoms with Crippen molar-refractivity contribution in [1.82, 2.24) is 0 Å². The summed E-state index contributed by atoms with van der Waals surface area (Å²) in [6, 6.07) is 10.6. The normalized spacial score (nSPS) is 9.36. The number of thiol groups is 3. The van der Waals surface area contributed by atoms with Crippen LogP contribution in [0.15, 0.2) is 36.4 Å². The molecule has 0 aliphatic rings. The summed E-state index contributed by atoms with van der Waals surface area (Å²) in [7, 11) is 1.58. The SMILES string of the molecule is CC.COc1ccc(-c2cc(OS)ccc2OS)c(OS)c1. The predicted molar refractivity (Wildman–Crippen MR) is 98.6 cm³/mol. The molecule has 0 aliphatic carbocycles. The van der Waals surface area contributed by atoms with Crippen LogP contribution < -0.4 is 17.3 Å². The lowest BCUT2D eigenvalue weighted by atomic mass is 10.0. The van der Waals surface area contributed by atoms with E-state index >= 15 is 0 Å². The third kappa shape index (κ3) is 4.34. The van der Waals surface area contributed by atoms with Crippen LogP contribution in [0.2, 0.25) is 0 Å². The van der Waals surface area contributed by atoms with Crippen molar-refractivity contribution in [3.05, 3.63) is 36.4 Å². The Balaban J connectivity index is 0.00000116. The molecule has 0 aliphatic heterocycles. The van der Waals surface area contributed by atoms with Gasteiger partial charge in [-0.1, -0.05) is 13.8 Å². The van der Waals surface area contributed by atoms with Crippen molar-refractivity contribution in [3.8, 4) is 34.1 Å². The maximum atomic E-state index is 5.15. The molecular formula is C15H18O4S3. The second-order valence-corrected chi connectivity index (χ2v) is 4.34. The van der Waals surface area contributed by atoms with Crippen LogP contribution in [0.25, 0.3) is 11.1 Å². The first-order chi connectivity index (χ1) is 10.7. The number of hydrogen-bond donors (Lipinski definition) is 3. The standard InChI is InChI=1S/C13H12O4S3.C2H6/c1-14-8-2-4-10(13(7-8)17-20)11-6-9(15-18)3-5-12(11)16-19;1-2/h2-7,18-20H,1H3;1-2H3. The van der Waals surface area contributed by atoms with Crippen LogP contribution >= 0.6 is 38.7 Å². The Morgan fingerprint density at radius 3 is 1.86 bits per heavy atom.